The molecule has 1 fully saturated rings. The van der Waals surface area contributed by atoms with Crippen molar-refractivity contribution in [1.82, 2.24) is 20.0 Å². The molecule has 0 spiro atoms. The van der Waals surface area contributed by atoms with Crippen LogP contribution < -0.4 is 10.2 Å². The molecule has 0 atom stereocenters. The molecule has 1 N–H and O–H groups in total. The molecule has 1 saturated heterocycles. The summed E-state index contributed by atoms with van der Waals surface area (Å²) in [6.07, 6.45) is 2.99. The zero-order valence-corrected chi connectivity index (χ0v) is 17.3. The number of rotatable bonds is 6. The van der Waals surface area contributed by atoms with Gasteiger partial charge >= 0.3 is 0 Å². The molecule has 1 aliphatic heterocycles. The number of benzene rings is 1. The quantitative estimate of drug-likeness (QED) is 0.497. The van der Waals surface area contributed by atoms with Crippen molar-refractivity contribution < 1.29 is 13.7 Å². The summed E-state index contributed by atoms with van der Waals surface area (Å²) >= 11 is 0. The van der Waals surface area contributed by atoms with Crippen molar-refractivity contribution >= 4 is 17.5 Å². The number of nitrogens with one attached hydrogen (secondary N) is 1. The van der Waals surface area contributed by atoms with Crippen molar-refractivity contribution in [2.75, 3.05) is 36.4 Å². The van der Waals surface area contributed by atoms with E-state index < -0.39 is 5.91 Å². The van der Waals surface area contributed by atoms with Crippen LogP contribution in [0.3, 0.4) is 0 Å². The minimum Gasteiger partial charge on any atom is -0.461 e. The number of hydrogen-bond donors (Lipinski definition) is 1. The third-order valence-corrected chi connectivity index (χ3v) is 5.35. The molecule has 1 aliphatic rings. The van der Waals surface area contributed by atoms with Crippen LogP contribution in [0, 0.1) is 0 Å². The Balaban J connectivity index is 1.19. The van der Waals surface area contributed by atoms with Gasteiger partial charge in [0.1, 0.15) is 18.0 Å². The fourth-order valence-corrected chi connectivity index (χ4v) is 3.66. The molecule has 4 aromatic rings. The molecule has 0 bridgehead atoms. The smallest absolute Gasteiger partial charge is 0.279 e. The molecule has 4 heterocycles. The predicted molar refractivity (Wildman–Crippen MR) is 118 cm³/mol. The predicted octanol–water partition coefficient (Wildman–Crippen LogP) is 3.30. The van der Waals surface area contributed by atoms with Gasteiger partial charge in [-0.25, -0.2) is 9.97 Å². The third-order valence-electron chi connectivity index (χ3n) is 5.35. The Morgan fingerprint density at radius 1 is 0.969 bits per heavy atom. The van der Waals surface area contributed by atoms with E-state index in [0.717, 1.165) is 38.5 Å². The molecule has 0 unspecified atom stereocenters. The maximum atomic E-state index is 12.6. The molecule has 9 nitrogen and oxygen atoms in total. The van der Waals surface area contributed by atoms with Gasteiger partial charge in [0.2, 0.25) is 5.76 Å². The van der Waals surface area contributed by atoms with Crippen molar-refractivity contribution in [1.29, 1.82) is 0 Å². The number of furan rings is 1. The van der Waals surface area contributed by atoms with Crippen LogP contribution in [-0.2, 0) is 6.54 Å². The number of carbonyl (C=O) groups is 1. The monoisotopic (exact) mass is 430 g/mol. The number of aromatic nitrogens is 3. The Morgan fingerprint density at radius 3 is 2.59 bits per heavy atom. The highest BCUT2D eigenvalue weighted by Crippen LogP contribution is 2.22. The lowest BCUT2D eigenvalue weighted by molar-refractivity contribution is 0.101. The fourth-order valence-electron chi connectivity index (χ4n) is 3.66. The highest BCUT2D eigenvalue weighted by molar-refractivity contribution is 6.02. The molecule has 32 heavy (non-hydrogen) atoms. The maximum absolute atomic E-state index is 12.6. The number of hydrogen-bond acceptors (Lipinski definition) is 8. The Labute approximate surface area is 184 Å². The van der Waals surface area contributed by atoms with Gasteiger partial charge in [-0.1, -0.05) is 35.5 Å². The standard InChI is InChI=1S/C23H22N6O3/c30-23(18-13-20(32-27-18)19-7-4-12-31-19)26-21-14-22(25-16-24-21)29-10-8-28(9-11-29)15-17-5-2-1-3-6-17/h1-7,12-14,16H,8-11,15H2,(H,24,25,26,30). The first kappa shape index (κ1) is 20.0. The van der Waals surface area contributed by atoms with Crippen LogP contribution in [0.25, 0.3) is 11.5 Å². The topological polar surface area (TPSA) is 101 Å². The van der Waals surface area contributed by atoms with E-state index in [0.29, 0.717) is 17.3 Å². The third kappa shape index (κ3) is 4.52. The second-order valence-corrected chi connectivity index (χ2v) is 7.52. The number of anilines is 2. The van der Waals surface area contributed by atoms with Crippen molar-refractivity contribution in [3.63, 3.8) is 0 Å². The van der Waals surface area contributed by atoms with E-state index in [1.165, 1.54) is 24.2 Å². The van der Waals surface area contributed by atoms with E-state index in [1.54, 1.807) is 18.2 Å². The largest absolute Gasteiger partial charge is 0.461 e. The molecule has 0 aliphatic carbocycles. The van der Waals surface area contributed by atoms with Crippen LogP contribution in [0.5, 0.6) is 0 Å². The molecule has 5 rings (SSSR count). The lowest BCUT2D eigenvalue weighted by Gasteiger charge is -2.35. The van der Waals surface area contributed by atoms with Gasteiger partial charge in [0.25, 0.3) is 5.91 Å². The Kier molecular flexibility index (Phi) is 5.63. The van der Waals surface area contributed by atoms with Gasteiger partial charge in [-0.05, 0) is 17.7 Å². The summed E-state index contributed by atoms with van der Waals surface area (Å²) in [6, 6.07) is 17.3. The number of carbonyl (C=O) groups excluding carboxylic acids is 1. The van der Waals surface area contributed by atoms with Gasteiger partial charge in [-0.3, -0.25) is 9.69 Å². The summed E-state index contributed by atoms with van der Waals surface area (Å²) < 4.78 is 10.4. The second-order valence-electron chi connectivity index (χ2n) is 7.52. The lowest BCUT2D eigenvalue weighted by atomic mass is 10.2. The molecule has 9 heteroatoms. The maximum Gasteiger partial charge on any atom is 0.279 e. The molecule has 0 saturated carbocycles. The van der Waals surface area contributed by atoms with Crippen molar-refractivity contribution in [2.45, 2.75) is 6.54 Å². The van der Waals surface area contributed by atoms with E-state index in [9.17, 15) is 4.79 Å². The van der Waals surface area contributed by atoms with Crippen LogP contribution in [0.15, 0.2) is 76.1 Å². The average molecular weight is 430 g/mol. The molecule has 3 aromatic heterocycles. The summed E-state index contributed by atoms with van der Waals surface area (Å²) in [5.41, 5.74) is 1.46. The van der Waals surface area contributed by atoms with Crippen LogP contribution in [-0.4, -0.2) is 52.1 Å². The van der Waals surface area contributed by atoms with Gasteiger partial charge < -0.3 is 19.2 Å². The highest BCUT2D eigenvalue weighted by Gasteiger charge is 2.20. The lowest BCUT2D eigenvalue weighted by Crippen LogP contribution is -2.46. The molecule has 162 valence electrons. The number of piperazine rings is 1. The minimum absolute atomic E-state index is 0.145. The number of nitrogens with zero attached hydrogens (tertiary/aromatic N) is 5. The van der Waals surface area contributed by atoms with Gasteiger partial charge in [0.15, 0.2) is 11.5 Å². The van der Waals surface area contributed by atoms with Gasteiger partial charge in [-0.15, -0.1) is 0 Å². The summed E-state index contributed by atoms with van der Waals surface area (Å²) in [5.74, 6) is 1.67. The number of amides is 1. The molecular formula is C23H22N6O3. The summed E-state index contributed by atoms with van der Waals surface area (Å²) in [7, 11) is 0. The normalized spacial score (nSPS) is 14.4. The van der Waals surface area contributed by atoms with Crippen LogP contribution >= 0.6 is 0 Å². The Hall–Kier alpha value is -3.98. The van der Waals surface area contributed by atoms with Crippen molar-refractivity contribution in [2.24, 2.45) is 0 Å². The van der Waals surface area contributed by atoms with Gasteiger partial charge in [-0.2, -0.15) is 0 Å². The molecule has 1 amide bonds. The van der Waals surface area contributed by atoms with Crippen LogP contribution in [0.1, 0.15) is 16.1 Å². The molecule has 0 radical (unpaired) electrons. The molecule has 1 aromatic carbocycles. The SMILES string of the molecule is O=C(Nc1cc(N2CCN(Cc3ccccc3)CC2)ncn1)c1cc(-c2ccco2)on1. The first-order valence-corrected chi connectivity index (χ1v) is 10.4. The second kappa shape index (κ2) is 9.03. The summed E-state index contributed by atoms with van der Waals surface area (Å²) in [6.45, 7) is 4.53. The molecular weight excluding hydrogens is 408 g/mol. The van der Waals surface area contributed by atoms with Crippen molar-refractivity contribution in [3.8, 4) is 11.5 Å². The van der Waals surface area contributed by atoms with E-state index in [1.807, 2.05) is 6.07 Å². The van der Waals surface area contributed by atoms with Crippen molar-refractivity contribution in [3.05, 3.63) is 78.4 Å². The van der Waals surface area contributed by atoms with E-state index in [-0.39, 0.29) is 5.69 Å². The highest BCUT2D eigenvalue weighted by atomic mass is 16.5. The van der Waals surface area contributed by atoms with Crippen LogP contribution in [0.4, 0.5) is 11.6 Å². The Morgan fingerprint density at radius 2 is 1.81 bits per heavy atom. The van der Waals surface area contributed by atoms with Gasteiger partial charge in [0, 0.05) is 44.9 Å². The summed E-state index contributed by atoms with van der Waals surface area (Å²) in [4.78, 5) is 25.7. The van der Waals surface area contributed by atoms with E-state index in [2.05, 4.69) is 54.5 Å². The summed E-state index contributed by atoms with van der Waals surface area (Å²) in [5, 5.41) is 6.57. The average Bonchev–Trinajstić information content (AvgIpc) is 3.53. The zero-order valence-electron chi connectivity index (χ0n) is 17.3. The zero-order chi connectivity index (χ0) is 21.8. The first-order valence-electron chi connectivity index (χ1n) is 10.4. The minimum atomic E-state index is -0.413. The first-order chi connectivity index (χ1) is 15.7. The Bertz CT molecular complexity index is 1170. The van der Waals surface area contributed by atoms with Crippen LogP contribution in [0.2, 0.25) is 0 Å². The van der Waals surface area contributed by atoms with E-state index >= 15 is 0 Å². The van der Waals surface area contributed by atoms with E-state index in [4.69, 9.17) is 8.94 Å². The fraction of sp³-hybridized carbons (Fsp3) is 0.217. The van der Waals surface area contributed by atoms with Gasteiger partial charge in [0.05, 0.1) is 6.26 Å².